The number of anilines is 1. The zero-order valence-corrected chi connectivity index (χ0v) is 10.6. The number of hydrogen-bond acceptors (Lipinski definition) is 4. The maximum Gasteiger partial charge on any atom is 0.229 e. The van der Waals surface area contributed by atoms with E-state index >= 15 is 0 Å². The Morgan fingerprint density at radius 1 is 1.53 bits per heavy atom. The summed E-state index contributed by atoms with van der Waals surface area (Å²) in [5.41, 5.74) is 2.91. The molecule has 2 heterocycles. The molecule has 0 bridgehead atoms. The molecule has 2 N–H and O–H groups in total. The minimum absolute atomic E-state index is 0.00602. The van der Waals surface area contributed by atoms with Gasteiger partial charge in [-0.15, -0.1) is 0 Å². The second-order valence-electron chi connectivity index (χ2n) is 4.67. The van der Waals surface area contributed by atoms with E-state index in [2.05, 4.69) is 15.8 Å². The van der Waals surface area contributed by atoms with E-state index in [0.29, 0.717) is 18.8 Å². The second kappa shape index (κ2) is 4.76. The van der Waals surface area contributed by atoms with Crippen molar-refractivity contribution in [3.8, 4) is 0 Å². The third-order valence-corrected chi connectivity index (χ3v) is 3.26. The summed E-state index contributed by atoms with van der Waals surface area (Å²) < 4.78 is 5.07. The molecule has 0 spiro atoms. The minimum atomic E-state index is -0.139. The highest BCUT2D eigenvalue weighted by Gasteiger charge is 2.27. The summed E-state index contributed by atoms with van der Waals surface area (Å²) in [6.45, 7) is 2.87. The predicted molar refractivity (Wildman–Crippen MR) is 70.8 cm³/mol. The molecule has 1 unspecified atom stereocenters. The highest BCUT2D eigenvalue weighted by Crippen LogP contribution is 2.30. The molecule has 0 fully saturated rings. The van der Waals surface area contributed by atoms with Crippen LogP contribution in [0.3, 0.4) is 0 Å². The molecule has 1 aliphatic heterocycles. The SMILES string of the molecule is Cc1cc(CNC(=O)C2CNc3ccccc32)on1. The number of carbonyl (C=O) groups excluding carboxylic acids is 1. The molecule has 98 valence electrons. The van der Waals surface area contributed by atoms with Gasteiger partial charge in [-0.2, -0.15) is 0 Å². The van der Waals surface area contributed by atoms with Crippen molar-refractivity contribution in [2.45, 2.75) is 19.4 Å². The average molecular weight is 257 g/mol. The van der Waals surface area contributed by atoms with Crippen molar-refractivity contribution in [2.24, 2.45) is 0 Å². The van der Waals surface area contributed by atoms with Crippen LogP contribution in [0.2, 0.25) is 0 Å². The quantitative estimate of drug-likeness (QED) is 0.880. The molecule has 0 aliphatic carbocycles. The van der Waals surface area contributed by atoms with Gasteiger partial charge in [0.05, 0.1) is 18.2 Å². The molecule has 3 rings (SSSR count). The number of rotatable bonds is 3. The van der Waals surface area contributed by atoms with Gasteiger partial charge in [-0.25, -0.2) is 0 Å². The lowest BCUT2D eigenvalue weighted by Crippen LogP contribution is -2.29. The van der Waals surface area contributed by atoms with E-state index in [1.807, 2.05) is 37.3 Å². The van der Waals surface area contributed by atoms with Crippen LogP contribution in [0.1, 0.15) is 22.9 Å². The molecule has 1 aliphatic rings. The molecule has 0 saturated heterocycles. The number of hydrogen-bond donors (Lipinski definition) is 2. The van der Waals surface area contributed by atoms with Crippen LogP contribution >= 0.6 is 0 Å². The summed E-state index contributed by atoms with van der Waals surface area (Å²) in [6.07, 6.45) is 0. The number of carbonyl (C=O) groups is 1. The molecule has 1 aromatic carbocycles. The van der Waals surface area contributed by atoms with Gasteiger partial charge in [-0.1, -0.05) is 23.4 Å². The average Bonchev–Trinajstić information content (AvgIpc) is 3.02. The van der Waals surface area contributed by atoms with Crippen LogP contribution in [0.5, 0.6) is 0 Å². The van der Waals surface area contributed by atoms with Gasteiger partial charge in [0.25, 0.3) is 0 Å². The highest BCUT2D eigenvalue weighted by molar-refractivity contribution is 5.88. The molecule has 2 aromatic rings. The van der Waals surface area contributed by atoms with Crippen molar-refractivity contribution >= 4 is 11.6 Å². The van der Waals surface area contributed by atoms with Gasteiger partial charge in [0, 0.05) is 18.3 Å². The third kappa shape index (κ3) is 2.31. The summed E-state index contributed by atoms with van der Waals surface area (Å²) in [7, 11) is 0. The lowest BCUT2D eigenvalue weighted by atomic mass is 10.0. The smallest absolute Gasteiger partial charge is 0.229 e. The van der Waals surface area contributed by atoms with Gasteiger partial charge in [0.15, 0.2) is 5.76 Å². The Labute approximate surface area is 111 Å². The Balaban J connectivity index is 1.66. The molecule has 5 nitrogen and oxygen atoms in total. The standard InChI is InChI=1S/C14H15N3O2/c1-9-6-10(19-17-9)7-16-14(18)12-8-15-13-5-3-2-4-11(12)13/h2-6,12,15H,7-8H2,1H3,(H,16,18). The van der Waals surface area contributed by atoms with Crippen LogP contribution in [0, 0.1) is 6.92 Å². The van der Waals surface area contributed by atoms with Crippen molar-refractivity contribution in [3.05, 3.63) is 47.3 Å². The zero-order valence-electron chi connectivity index (χ0n) is 10.6. The highest BCUT2D eigenvalue weighted by atomic mass is 16.5. The van der Waals surface area contributed by atoms with Gasteiger partial charge in [-0.3, -0.25) is 4.79 Å². The van der Waals surface area contributed by atoms with Gasteiger partial charge in [0.2, 0.25) is 5.91 Å². The third-order valence-electron chi connectivity index (χ3n) is 3.26. The molecule has 5 heteroatoms. The molecule has 1 amide bonds. The van der Waals surface area contributed by atoms with Crippen molar-refractivity contribution in [3.63, 3.8) is 0 Å². The molecule has 0 saturated carbocycles. The van der Waals surface area contributed by atoms with Gasteiger partial charge in [-0.05, 0) is 18.6 Å². The molecule has 19 heavy (non-hydrogen) atoms. The van der Waals surface area contributed by atoms with Crippen molar-refractivity contribution < 1.29 is 9.32 Å². The lowest BCUT2D eigenvalue weighted by Gasteiger charge is -2.09. The first-order valence-electron chi connectivity index (χ1n) is 6.27. The fraction of sp³-hybridized carbons (Fsp3) is 0.286. The van der Waals surface area contributed by atoms with Crippen molar-refractivity contribution in [1.29, 1.82) is 0 Å². The van der Waals surface area contributed by atoms with Crippen LogP contribution in [0.4, 0.5) is 5.69 Å². The summed E-state index contributed by atoms with van der Waals surface area (Å²) >= 11 is 0. The Morgan fingerprint density at radius 3 is 3.16 bits per heavy atom. The van der Waals surface area contributed by atoms with E-state index in [0.717, 1.165) is 16.9 Å². The van der Waals surface area contributed by atoms with E-state index in [1.165, 1.54) is 0 Å². The molecule has 1 atom stereocenters. The van der Waals surface area contributed by atoms with Gasteiger partial charge < -0.3 is 15.2 Å². The first-order chi connectivity index (χ1) is 9.24. The van der Waals surface area contributed by atoms with Crippen LogP contribution in [0.25, 0.3) is 0 Å². The maximum atomic E-state index is 12.2. The van der Waals surface area contributed by atoms with Crippen LogP contribution < -0.4 is 10.6 Å². The Bertz CT molecular complexity index is 606. The van der Waals surface area contributed by atoms with Crippen molar-refractivity contribution in [1.82, 2.24) is 10.5 Å². The number of nitrogens with one attached hydrogen (secondary N) is 2. The Morgan fingerprint density at radius 2 is 2.37 bits per heavy atom. The largest absolute Gasteiger partial charge is 0.384 e. The number of aromatic nitrogens is 1. The first-order valence-corrected chi connectivity index (χ1v) is 6.27. The van der Waals surface area contributed by atoms with Crippen LogP contribution in [-0.4, -0.2) is 17.6 Å². The monoisotopic (exact) mass is 257 g/mol. The normalized spacial score (nSPS) is 16.8. The molecular weight excluding hydrogens is 242 g/mol. The molecular formula is C14H15N3O2. The van der Waals surface area contributed by atoms with E-state index in [1.54, 1.807) is 0 Å². The number of nitrogens with zero attached hydrogens (tertiary/aromatic N) is 1. The van der Waals surface area contributed by atoms with Crippen molar-refractivity contribution in [2.75, 3.05) is 11.9 Å². The fourth-order valence-electron chi connectivity index (χ4n) is 2.31. The molecule has 0 radical (unpaired) electrons. The summed E-state index contributed by atoms with van der Waals surface area (Å²) in [4.78, 5) is 12.2. The Kier molecular flexibility index (Phi) is 2.95. The maximum absolute atomic E-state index is 12.2. The Hall–Kier alpha value is -2.30. The molecule has 1 aromatic heterocycles. The summed E-state index contributed by atoms with van der Waals surface area (Å²) in [5.74, 6) is 0.539. The van der Waals surface area contributed by atoms with Gasteiger partial charge in [0.1, 0.15) is 0 Å². The number of fused-ring (bicyclic) bond motifs is 1. The fourth-order valence-corrected chi connectivity index (χ4v) is 2.31. The topological polar surface area (TPSA) is 67.2 Å². The van der Waals surface area contributed by atoms with E-state index in [9.17, 15) is 4.79 Å². The minimum Gasteiger partial charge on any atom is -0.384 e. The summed E-state index contributed by atoms with van der Waals surface area (Å²) in [6, 6.07) is 9.71. The van der Waals surface area contributed by atoms with E-state index in [-0.39, 0.29) is 11.8 Å². The predicted octanol–water partition coefficient (Wildman–Crippen LogP) is 1.81. The van der Waals surface area contributed by atoms with Crippen LogP contribution in [0.15, 0.2) is 34.9 Å². The first kappa shape index (κ1) is 11.8. The number of amides is 1. The zero-order chi connectivity index (χ0) is 13.2. The second-order valence-corrected chi connectivity index (χ2v) is 4.67. The number of benzene rings is 1. The lowest BCUT2D eigenvalue weighted by molar-refractivity contribution is -0.122. The number of para-hydroxylation sites is 1. The summed E-state index contributed by atoms with van der Waals surface area (Å²) in [5, 5.41) is 9.91. The van der Waals surface area contributed by atoms with Gasteiger partial charge >= 0.3 is 0 Å². The van der Waals surface area contributed by atoms with E-state index < -0.39 is 0 Å². The van der Waals surface area contributed by atoms with Crippen LogP contribution in [-0.2, 0) is 11.3 Å². The number of aryl methyl sites for hydroxylation is 1. The van der Waals surface area contributed by atoms with E-state index in [4.69, 9.17) is 4.52 Å².